The minimum absolute atomic E-state index is 0.103. The smallest absolute Gasteiger partial charge is 0.311 e. The first kappa shape index (κ1) is 16.3. The van der Waals surface area contributed by atoms with Crippen molar-refractivity contribution < 1.29 is 19.4 Å². The van der Waals surface area contributed by atoms with Crippen LogP contribution in [0, 0.1) is 11.8 Å². The number of carboxylic acids is 1. The summed E-state index contributed by atoms with van der Waals surface area (Å²) in [5, 5.41) is 9.25. The molecule has 0 aromatic carbocycles. The van der Waals surface area contributed by atoms with E-state index >= 15 is 0 Å². The maximum atomic E-state index is 12.6. The Labute approximate surface area is 126 Å². The summed E-state index contributed by atoms with van der Waals surface area (Å²) in [5.41, 5.74) is 0. The van der Waals surface area contributed by atoms with E-state index in [-0.39, 0.29) is 18.6 Å². The average Bonchev–Trinajstić information content (AvgIpc) is 2.78. The van der Waals surface area contributed by atoms with Gasteiger partial charge in [-0.2, -0.15) is 0 Å². The van der Waals surface area contributed by atoms with Gasteiger partial charge in [0.15, 0.2) is 0 Å². The maximum Gasteiger partial charge on any atom is 0.311 e. The van der Waals surface area contributed by atoms with Gasteiger partial charge in [-0.05, 0) is 25.7 Å². The van der Waals surface area contributed by atoms with Crippen LogP contribution in [0.15, 0.2) is 0 Å². The zero-order chi connectivity index (χ0) is 15.2. The summed E-state index contributed by atoms with van der Waals surface area (Å²) in [6, 6.07) is -0.300. The average molecular weight is 297 g/mol. The first-order valence-corrected chi connectivity index (χ1v) is 8.23. The lowest BCUT2D eigenvalue weighted by Gasteiger charge is -2.30. The molecule has 0 aromatic rings. The van der Waals surface area contributed by atoms with Gasteiger partial charge in [0.25, 0.3) is 0 Å². The highest BCUT2D eigenvalue weighted by Gasteiger charge is 2.39. The molecule has 1 N–H and O–H groups in total. The highest BCUT2D eigenvalue weighted by atomic mass is 16.5. The second-order valence-electron chi connectivity index (χ2n) is 6.29. The Kier molecular flexibility index (Phi) is 6.03. The number of aliphatic carboxylic acids is 1. The number of nitrogens with zero attached hydrogens (tertiary/aromatic N) is 1. The number of hydrogen-bond acceptors (Lipinski definition) is 3. The molecule has 1 saturated carbocycles. The number of carbonyl (C=O) groups is 2. The van der Waals surface area contributed by atoms with Gasteiger partial charge in [-0.3, -0.25) is 9.59 Å². The van der Waals surface area contributed by atoms with Crippen LogP contribution >= 0.6 is 0 Å². The van der Waals surface area contributed by atoms with Gasteiger partial charge in [0.2, 0.25) is 5.91 Å². The van der Waals surface area contributed by atoms with E-state index in [4.69, 9.17) is 4.74 Å². The van der Waals surface area contributed by atoms with Gasteiger partial charge < -0.3 is 14.7 Å². The molecule has 1 amide bonds. The van der Waals surface area contributed by atoms with Crippen molar-refractivity contribution in [1.29, 1.82) is 0 Å². The van der Waals surface area contributed by atoms with Crippen LogP contribution in [0.3, 0.4) is 0 Å². The highest BCUT2D eigenvalue weighted by molar-refractivity contribution is 5.78. The number of likely N-dealkylation sites (N-methyl/N-ethyl adjacent to an activating group) is 1. The van der Waals surface area contributed by atoms with E-state index < -0.39 is 11.9 Å². The molecule has 0 spiro atoms. The summed E-state index contributed by atoms with van der Waals surface area (Å²) < 4.78 is 5.30. The van der Waals surface area contributed by atoms with Gasteiger partial charge >= 0.3 is 5.97 Å². The Balaban J connectivity index is 1.95. The van der Waals surface area contributed by atoms with Gasteiger partial charge in [0.05, 0.1) is 19.3 Å². The lowest BCUT2D eigenvalue weighted by Crippen LogP contribution is -2.46. The fourth-order valence-electron chi connectivity index (χ4n) is 3.61. The summed E-state index contributed by atoms with van der Waals surface area (Å²) >= 11 is 0. The number of carboxylic acid groups (broad SMARTS) is 1. The summed E-state index contributed by atoms with van der Waals surface area (Å²) in [6.07, 6.45) is 7.82. The van der Waals surface area contributed by atoms with Crippen molar-refractivity contribution in [3.63, 3.8) is 0 Å². The summed E-state index contributed by atoms with van der Waals surface area (Å²) in [7, 11) is 0. The molecule has 2 atom stereocenters. The third kappa shape index (κ3) is 4.19. The standard InChI is InChI=1S/C16H27NO4/c1-2-17(14-11-21-10-13(14)16(19)20)15(18)9-12-7-5-3-4-6-8-12/h12-14H,2-11H2,1H3,(H,19,20). The summed E-state index contributed by atoms with van der Waals surface area (Å²) in [6.45, 7) is 3.04. The molecule has 5 heteroatoms. The number of rotatable bonds is 5. The Bertz CT molecular complexity index is 363. The molecule has 1 saturated heterocycles. The zero-order valence-corrected chi connectivity index (χ0v) is 12.9. The van der Waals surface area contributed by atoms with Crippen molar-refractivity contribution in [3.8, 4) is 0 Å². The van der Waals surface area contributed by atoms with Crippen LogP contribution in [0.25, 0.3) is 0 Å². The van der Waals surface area contributed by atoms with Gasteiger partial charge in [-0.25, -0.2) is 0 Å². The van der Waals surface area contributed by atoms with Crippen LogP contribution < -0.4 is 0 Å². The Morgan fingerprint density at radius 1 is 1.14 bits per heavy atom. The van der Waals surface area contributed by atoms with E-state index in [1.165, 1.54) is 25.7 Å². The van der Waals surface area contributed by atoms with Crippen LogP contribution in [0.5, 0.6) is 0 Å². The maximum absolute atomic E-state index is 12.6. The van der Waals surface area contributed by atoms with Crippen molar-refractivity contribution >= 4 is 11.9 Å². The Morgan fingerprint density at radius 2 is 1.81 bits per heavy atom. The quantitative estimate of drug-likeness (QED) is 0.791. The summed E-state index contributed by atoms with van der Waals surface area (Å²) in [4.78, 5) is 25.6. The number of amides is 1. The summed E-state index contributed by atoms with van der Waals surface area (Å²) in [5.74, 6) is -0.868. The fourth-order valence-corrected chi connectivity index (χ4v) is 3.61. The Morgan fingerprint density at radius 3 is 2.38 bits per heavy atom. The topological polar surface area (TPSA) is 66.8 Å². The molecule has 0 aromatic heterocycles. The Hall–Kier alpha value is -1.10. The molecule has 2 rings (SSSR count). The molecule has 1 heterocycles. The van der Waals surface area contributed by atoms with E-state index in [2.05, 4.69) is 0 Å². The van der Waals surface area contributed by atoms with Crippen molar-refractivity contribution in [2.45, 2.75) is 57.9 Å². The molecule has 2 aliphatic rings. The van der Waals surface area contributed by atoms with E-state index in [1.54, 1.807) is 4.90 Å². The normalized spacial score (nSPS) is 27.3. The second-order valence-corrected chi connectivity index (χ2v) is 6.29. The van der Waals surface area contributed by atoms with Crippen molar-refractivity contribution in [3.05, 3.63) is 0 Å². The number of ether oxygens (including phenoxy) is 1. The monoisotopic (exact) mass is 297 g/mol. The molecule has 0 radical (unpaired) electrons. The molecule has 0 bridgehead atoms. The number of hydrogen-bond donors (Lipinski definition) is 1. The highest BCUT2D eigenvalue weighted by Crippen LogP contribution is 2.27. The van der Waals surface area contributed by atoms with Crippen molar-refractivity contribution in [1.82, 2.24) is 4.90 Å². The van der Waals surface area contributed by atoms with Crippen LogP contribution in [0.4, 0.5) is 0 Å². The molecule has 1 aliphatic heterocycles. The zero-order valence-electron chi connectivity index (χ0n) is 12.9. The van der Waals surface area contributed by atoms with Crippen molar-refractivity contribution in [2.75, 3.05) is 19.8 Å². The molecule has 1 aliphatic carbocycles. The minimum Gasteiger partial charge on any atom is -0.481 e. The molecule has 5 nitrogen and oxygen atoms in total. The lowest BCUT2D eigenvalue weighted by atomic mass is 9.94. The number of carbonyl (C=O) groups excluding carboxylic acids is 1. The van der Waals surface area contributed by atoms with Gasteiger partial charge in [0, 0.05) is 13.0 Å². The predicted octanol–water partition coefficient (Wildman–Crippen LogP) is 2.29. The molecule has 120 valence electrons. The molecular formula is C16H27NO4. The predicted molar refractivity (Wildman–Crippen MR) is 78.9 cm³/mol. The molecule has 2 unspecified atom stereocenters. The third-order valence-electron chi connectivity index (χ3n) is 4.87. The third-order valence-corrected chi connectivity index (χ3v) is 4.87. The van der Waals surface area contributed by atoms with Gasteiger partial charge in [-0.15, -0.1) is 0 Å². The minimum atomic E-state index is -0.863. The van der Waals surface area contributed by atoms with E-state index in [0.717, 1.165) is 12.8 Å². The van der Waals surface area contributed by atoms with Crippen LogP contribution in [-0.4, -0.2) is 47.7 Å². The van der Waals surface area contributed by atoms with Crippen molar-refractivity contribution in [2.24, 2.45) is 11.8 Å². The van der Waals surface area contributed by atoms with Crippen LogP contribution in [-0.2, 0) is 14.3 Å². The SMILES string of the molecule is CCN(C(=O)CC1CCCCCC1)C1COCC1C(=O)O. The van der Waals surface area contributed by atoms with Crippen LogP contribution in [0.1, 0.15) is 51.9 Å². The molecular weight excluding hydrogens is 270 g/mol. The lowest BCUT2D eigenvalue weighted by molar-refractivity contribution is -0.145. The van der Waals surface area contributed by atoms with Gasteiger partial charge in [0.1, 0.15) is 5.92 Å². The molecule has 2 fully saturated rings. The first-order valence-electron chi connectivity index (χ1n) is 8.23. The first-order chi connectivity index (χ1) is 10.1. The van der Waals surface area contributed by atoms with E-state index in [0.29, 0.717) is 25.5 Å². The van der Waals surface area contributed by atoms with E-state index in [9.17, 15) is 14.7 Å². The molecule has 21 heavy (non-hydrogen) atoms. The largest absolute Gasteiger partial charge is 0.481 e. The van der Waals surface area contributed by atoms with Crippen LogP contribution in [0.2, 0.25) is 0 Å². The second kappa shape index (κ2) is 7.78. The van der Waals surface area contributed by atoms with Gasteiger partial charge in [-0.1, -0.05) is 25.7 Å². The fraction of sp³-hybridized carbons (Fsp3) is 0.875. The van der Waals surface area contributed by atoms with E-state index in [1.807, 2.05) is 6.92 Å².